The van der Waals surface area contributed by atoms with Crippen LogP contribution in [-0.2, 0) is 19.1 Å². The van der Waals surface area contributed by atoms with Gasteiger partial charge in [0.05, 0.1) is 18.8 Å². The lowest BCUT2D eigenvalue weighted by Gasteiger charge is -2.72. The van der Waals surface area contributed by atoms with E-state index >= 15 is 0 Å². The maximum atomic E-state index is 14.0. The van der Waals surface area contributed by atoms with Crippen molar-refractivity contribution in [2.24, 2.45) is 56.2 Å². The molecule has 0 spiro atoms. The zero-order valence-corrected chi connectivity index (χ0v) is 29.9. The summed E-state index contributed by atoms with van der Waals surface area (Å²) in [5.41, 5.74) is -0.351. The maximum absolute atomic E-state index is 14.0. The average molecular weight is 646 g/mol. The van der Waals surface area contributed by atoms with E-state index in [0.717, 1.165) is 32.3 Å². The molecule has 7 nitrogen and oxygen atoms in total. The Morgan fingerprint density at radius 1 is 0.957 bits per heavy atom. The molecule has 6 rings (SSSR count). The number of para-hydroxylation sites is 1. The number of ether oxygens (including phenoxy) is 3. The van der Waals surface area contributed by atoms with Gasteiger partial charge in [-0.1, -0.05) is 60.6 Å². The number of hydrogen-bond donors (Lipinski definition) is 0. The van der Waals surface area contributed by atoms with Gasteiger partial charge in [-0.3, -0.25) is 9.59 Å². The SMILES string of the molecule is CC(=O)Oc1ccccc1C(=O)OCC(=O)C(C)(C)[C@@H]1CC[C@]2(C)[C@H](CC[C@@H]3[C@H]4[C@H]5OC[C@@]4(CCC5(C)C)CC[C@]32C)[C@@]1(C)CC#N. The fourth-order valence-electron chi connectivity index (χ4n) is 12.4. The highest BCUT2D eigenvalue weighted by molar-refractivity contribution is 5.95. The molecule has 5 fully saturated rings. The van der Waals surface area contributed by atoms with Crippen molar-refractivity contribution in [1.29, 1.82) is 5.26 Å². The summed E-state index contributed by atoms with van der Waals surface area (Å²) in [4.78, 5) is 38.6. The van der Waals surface area contributed by atoms with Crippen molar-refractivity contribution in [1.82, 2.24) is 0 Å². The van der Waals surface area contributed by atoms with E-state index in [-0.39, 0.29) is 51.3 Å². The second kappa shape index (κ2) is 11.4. The van der Waals surface area contributed by atoms with Crippen LogP contribution in [0.4, 0.5) is 0 Å². The van der Waals surface area contributed by atoms with Crippen LogP contribution in [0, 0.1) is 67.5 Å². The predicted molar refractivity (Wildman–Crippen MR) is 178 cm³/mol. The van der Waals surface area contributed by atoms with Crippen molar-refractivity contribution in [3.8, 4) is 11.8 Å². The van der Waals surface area contributed by atoms with E-state index in [4.69, 9.17) is 14.2 Å². The van der Waals surface area contributed by atoms with Crippen LogP contribution in [0.1, 0.15) is 124 Å². The Hall–Kier alpha value is -2.72. The Labute approximate surface area is 281 Å². The minimum absolute atomic E-state index is 0.0320. The largest absolute Gasteiger partial charge is 0.454 e. The molecular formula is C40H55NO6. The lowest BCUT2D eigenvalue weighted by molar-refractivity contribution is -0.233. The van der Waals surface area contributed by atoms with Gasteiger partial charge in [-0.15, -0.1) is 0 Å². The Morgan fingerprint density at radius 3 is 2.36 bits per heavy atom. The molecule has 256 valence electrons. The Morgan fingerprint density at radius 2 is 1.66 bits per heavy atom. The van der Waals surface area contributed by atoms with E-state index in [0.29, 0.717) is 35.7 Å². The van der Waals surface area contributed by atoms with E-state index in [2.05, 4.69) is 40.7 Å². The van der Waals surface area contributed by atoms with Crippen LogP contribution < -0.4 is 4.74 Å². The third-order valence-corrected chi connectivity index (χ3v) is 15.1. The van der Waals surface area contributed by atoms with E-state index in [1.165, 1.54) is 44.7 Å². The van der Waals surface area contributed by atoms with E-state index in [1.807, 2.05) is 13.8 Å². The minimum Gasteiger partial charge on any atom is -0.454 e. The summed E-state index contributed by atoms with van der Waals surface area (Å²) in [5.74, 6) is 0.206. The van der Waals surface area contributed by atoms with Crippen LogP contribution in [0.25, 0.3) is 0 Å². The van der Waals surface area contributed by atoms with Crippen molar-refractivity contribution < 1.29 is 28.6 Å². The zero-order chi connectivity index (χ0) is 34.2. The molecule has 9 atom stereocenters. The first-order valence-electron chi connectivity index (χ1n) is 17.9. The van der Waals surface area contributed by atoms with Gasteiger partial charge in [-0.05, 0) is 114 Å². The number of rotatable bonds is 7. The molecule has 1 aliphatic heterocycles. The fraction of sp³-hybridized carbons (Fsp3) is 0.750. The molecule has 5 aliphatic rings. The summed E-state index contributed by atoms with van der Waals surface area (Å²) in [6.07, 6.45) is 9.78. The molecule has 0 radical (unpaired) electrons. The number of nitriles is 1. The summed E-state index contributed by atoms with van der Waals surface area (Å²) in [5, 5.41) is 10.3. The standard InChI is InChI=1S/C40H55NO6/c1-25(42)47-28-12-10-9-11-26(28)34(44)45-23-31(43)36(4,5)29-15-16-39(8)30(37(29,6)21-22-41)14-13-27-32-33-35(2,3)17-19-40(32,24-46-33)20-18-38(27,39)7/h9-12,27,29-30,32-33H,13-21,23-24H2,1-8H3/t27-,29+,30-,32+,33-,37+,38-,39-,40-/m1/s1. The third-order valence-electron chi connectivity index (χ3n) is 15.1. The van der Waals surface area contributed by atoms with Crippen LogP contribution in [0.3, 0.4) is 0 Å². The van der Waals surface area contributed by atoms with Gasteiger partial charge in [0.25, 0.3) is 0 Å². The molecular weight excluding hydrogens is 590 g/mol. The van der Waals surface area contributed by atoms with E-state index < -0.39 is 17.4 Å². The van der Waals surface area contributed by atoms with Gasteiger partial charge in [0.1, 0.15) is 11.3 Å². The Balaban J connectivity index is 1.24. The van der Waals surface area contributed by atoms with Gasteiger partial charge in [-0.2, -0.15) is 5.26 Å². The zero-order valence-electron chi connectivity index (χ0n) is 29.9. The second-order valence-electron chi connectivity index (χ2n) is 17.9. The van der Waals surface area contributed by atoms with Gasteiger partial charge in [0, 0.05) is 18.8 Å². The van der Waals surface area contributed by atoms with E-state index in [1.54, 1.807) is 12.1 Å². The van der Waals surface area contributed by atoms with Crippen molar-refractivity contribution >= 4 is 17.7 Å². The number of Topliss-reactive ketones (excluding diaryl/α,β-unsaturated/α-hetero) is 1. The summed E-state index contributed by atoms with van der Waals surface area (Å²) in [7, 11) is 0. The van der Waals surface area contributed by atoms with E-state index in [9.17, 15) is 19.6 Å². The predicted octanol–water partition coefficient (Wildman–Crippen LogP) is 8.35. The van der Waals surface area contributed by atoms with Crippen molar-refractivity contribution in [2.45, 2.75) is 119 Å². The molecule has 0 unspecified atom stereocenters. The molecule has 0 aromatic heterocycles. The van der Waals surface area contributed by atoms with Gasteiger partial charge in [0.2, 0.25) is 0 Å². The molecule has 47 heavy (non-hydrogen) atoms. The molecule has 1 saturated heterocycles. The molecule has 1 aromatic rings. The second-order valence-corrected chi connectivity index (χ2v) is 17.9. The summed E-state index contributed by atoms with van der Waals surface area (Å²) < 4.78 is 17.5. The Kier molecular flexibility index (Phi) is 8.30. The number of esters is 2. The number of carbonyl (C=O) groups excluding carboxylic acids is 3. The highest BCUT2D eigenvalue weighted by Crippen LogP contribution is 2.77. The van der Waals surface area contributed by atoms with Crippen molar-refractivity contribution in [3.63, 3.8) is 0 Å². The average Bonchev–Trinajstić information content (AvgIpc) is 3.34. The van der Waals surface area contributed by atoms with Crippen molar-refractivity contribution in [3.05, 3.63) is 29.8 Å². The monoisotopic (exact) mass is 645 g/mol. The van der Waals surface area contributed by atoms with Crippen molar-refractivity contribution in [2.75, 3.05) is 13.2 Å². The quantitative estimate of drug-likeness (QED) is 0.217. The van der Waals surface area contributed by atoms with Crippen LogP contribution in [0.5, 0.6) is 5.75 Å². The molecule has 7 heteroatoms. The number of benzene rings is 1. The number of carbonyl (C=O) groups is 3. The minimum atomic E-state index is -0.808. The molecule has 4 aliphatic carbocycles. The van der Waals surface area contributed by atoms with Crippen LogP contribution in [-0.4, -0.2) is 37.0 Å². The summed E-state index contributed by atoms with van der Waals surface area (Å²) in [6.45, 7) is 18.0. The maximum Gasteiger partial charge on any atom is 0.342 e. The fourth-order valence-corrected chi connectivity index (χ4v) is 12.4. The first kappa shape index (κ1) is 34.2. The third kappa shape index (κ3) is 5.01. The lowest BCUT2D eigenvalue weighted by atomic mass is 9.32. The van der Waals surface area contributed by atoms with Gasteiger partial charge in [0.15, 0.2) is 12.4 Å². The molecule has 1 aromatic carbocycles. The highest BCUT2D eigenvalue weighted by Gasteiger charge is 2.72. The molecule has 1 heterocycles. The first-order chi connectivity index (χ1) is 22.0. The van der Waals surface area contributed by atoms with Gasteiger partial charge in [-0.25, -0.2) is 4.79 Å². The smallest absolute Gasteiger partial charge is 0.342 e. The molecule has 2 bridgehead atoms. The molecule has 4 saturated carbocycles. The highest BCUT2D eigenvalue weighted by atomic mass is 16.5. The first-order valence-corrected chi connectivity index (χ1v) is 17.9. The Bertz CT molecular complexity index is 1490. The van der Waals surface area contributed by atoms with Crippen LogP contribution in [0.2, 0.25) is 0 Å². The number of hydrogen-bond acceptors (Lipinski definition) is 7. The summed E-state index contributed by atoms with van der Waals surface area (Å²) >= 11 is 0. The number of ketones is 1. The van der Waals surface area contributed by atoms with Crippen LogP contribution >= 0.6 is 0 Å². The van der Waals surface area contributed by atoms with Gasteiger partial charge < -0.3 is 14.2 Å². The van der Waals surface area contributed by atoms with Crippen LogP contribution in [0.15, 0.2) is 24.3 Å². The number of fused-ring (bicyclic) bond motifs is 3. The topological polar surface area (TPSA) is 103 Å². The normalized spacial score (nSPS) is 40.2. The molecule has 0 amide bonds. The molecule has 0 N–H and O–H groups in total. The summed E-state index contributed by atoms with van der Waals surface area (Å²) in [6, 6.07) is 8.96. The number of nitrogens with zero attached hydrogens (tertiary/aromatic N) is 1. The lowest BCUT2D eigenvalue weighted by Crippen LogP contribution is -2.66. The van der Waals surface area contributed by atoms with Gasteiger partial charge >= 0.3 is 11.9 Å².